The molecule has 0 aliphatic heterocycles. The molecule has 1 aromatic rings. The van der Waals surface area contributed by atoms with Crippen LogP contribution in [0.2, 0.25) is 0 Å². The maximum atomic E-state index is 13.1. The second kappa shape index (κ2) is 6.84. The van der Waals surface area contributed by atoms with Gasteiger partial charge in [0.1, 0.15) is 5.82 Å². The third-order valence-electron chi connectivity index (χ3n) is 3.71. The van der Waals surface area contributed by atoms with Gasteiger partial charge in [0.15, 0.2) is 0 Å². The number of nitrogens with zero attached hydrogens (tertiary/aromatic N) is 1. The molecule has 0 aromatic heterocycles. The van der Waals surface area contributed by atoms with Crippen molar-refractivity contribution < 1.29 is 9.18 Å². The molecule has 20 heavy (non-hydrogen) atoms. The fourth-order valence-corrected chi connectivity index (χ4v) is 1.79. The first kappa shape index (κ1) is 16.6. The Morgan fingerprint density at radius 2 is 2.10 bits per heavy atom. The van der Waals surface area contributed by atoms with E-state index >= 15 is 0 Å². The van der Waals surface area contributed by atoms with Crippen molar-refractivity contribution in [2.75, 3.05) is 7.05 Å². The number of likely N-dealkylation sites (N-methyl/N-ethyl adjacent to an activating group) is 1. The van der Waals surface area contributed by atoms with Crippen molar-refractivity contribution in [3.05, 3.63) is 35.6 Å². The van der Waals surface area contributed by atoms with Gasteiger partial charge in [-0.15, -0.1) is 0 Å². The van der Waals surface area contributed by atoms with E-state index in [4.69, 9.17) is 0 Å². The van der Waals surface area contributed by atoms with Crippen molar-refractivity contribution in [1.29, 1.82) is 0 Å². The highest BCUT2D eigenvalue weighted by molar-refractivity contribution is 5.81. The van der Waals surface area contributed by atoms with Crippen LogP contribution in [0.4, 0.5) is 4.39 Å². The molecule has 3 nitrogen and oxygen atoms in total. The number of nitrogens with one attached hydrogen (secondary N) is 1. The van der Waals surface area contributed by atoms with Gasteiger partial charge in [-0.3, -0.25) is 9.69 Å². The van der Waals surface area contributed by atoms with E-state index < -0.39 is 0 Å². The molecular weight excluding hydrogens is 255 g/mol. The minimum absolute atomic E-state index is 0.00393. The summed E-state index contributed by atoms with van der Waals surface area (Å²) >= 11 is 0. The Bertz CT molecular complexity index is 460. The third kappa shape index (κ3) is 4.93. The Balaban J connectivity index is 2.62. The average Bonchev–Trinajstić information content (AvgIpc) is 2.37. The standard InChI is InChI=1S/C16H25FN2O/c1-6-16(3,4)18-15(20)12(2)19(5)11-13-8-7-9-14(17)10-13/h7-10,12H,6,11H2,1-5H3,(H,18,20). The summed E-state index contributed by atoms with van der Waals surface area (Å²) in [5.74, 6) is -0.254. The molecule has 1 atom stereocenters. The minimum atomic E-state index is -0.260. The summed E-state index contributed by atoms with van der Waals surface area (Å²) in [4.78, 5) is 14.1. The molecule has 0 saturated heterocycles. The van der Waals surface area contributed by atoms with Gasteiger partial charge in [0.05, 0.1) is 6.04 Å². The van der Waals surface area contributed by atoms with E-state index in [2.05, 4.69) is 5.32 Å². The lowest BCUT2D eigenvalue weighted by Crippen LogP contribution is -2.50. The molecule has 1 rings (SSSR count). The van der Waals surface area contributed by atoms with Crippen LogP contribution in [0.15, 0.2) is 24.3 Å². The Labute approximate surface area is 121 Å². The number of carbonyl (C=O) groups excluding carboxylic acids is 1. The zero-order valence-electron chi connectivity index (χ0n) is 13.0. The van der Waals surface area contributed by atoms with E-state index in [-0.39, 0.29) is 23.3 Å². The van der Waals surface area contributed by atoms with Gasteiger partial charge in [0.25, 0.3) is 0 Å². The van der Waals surface area contributed by atoms with Crippen molar-refractivity contribution >= 4 is 5.91 Å². The fraction of sp³-hybridized carbons (Fsp3) is 0.562. The monoisotopic (exact) mass is 280 g/mol. The number of amides is 1. The molecule has 0 radical (unpaired) electrons. The molecular formula is C16H25FN2O. The number of hydrogen-bond acceptors (Lipinski definition) is 2. The summed E-state index contributed by atoms with van der Waals surface area (Å²) in [5.41, 5.74) is 0.660. The average molecular weight is 280 g/mol. The normalized spacial score (nSPS) is 13.3. The van der Waals surface area contributed by atoms with Gasteiger partial charge in [0.2, 0.25) is 5.91 Å². The van der Waals surface area contributed by atoms with Crippen LogP contribution in [-0.2, 0) is 11.3 Å². The smallest absolute Gasteiger partial charge is 0.237 e. The highest BCUT2D eigenvalue weighted by Crippen LogP contribution is 2.11. The molecule has 0 heterocycles. The molecule has 0 bridgehead atoms. The van der Waals surface area contributed by atoms with Gasteiger partial charge in [0, 0.05) is 12.1 Å². The minimum Gasteiger partial charge on any atom is -0.350 e. The van der Waals surface area contributed by atoms with Gasteiger partial charge in [-0.05, 0) is 51.9 Å². The van der Waals surface area contributed by atoms with E-state index in [9.17, 15) is 9.18 Å². The first-order valence-corrected chi connectivity index (χ1v) is 7.02. The lowest BCUT2D eigenvalue weighted by molar-refractivity contribution is -0.127. The lowest BCUT2D eigenvalue weighted by Gasteiger charge is -2.30. The Morgan fingerprint density at radius 3 is 2.65 bits per heavy atom. The molecule has 1 N–H and O–H groups in total. The summed E-state index contributed by atoms with van der Waals surface area (Å²) in [5, 5.41) is 3.03. The Kier molecular flexibility index (Phi) is 5.69. The number of rotatable bonds is 6. The van der Waals surface area contributed by atoms with Crippen molar-refractivity contribution in [3.63, 3.8) is 0 Å². The van der Waals surface area contributed by atoms with Crippen LogP contribution in [0.25, 0.3) is 0 Å². The van der Waals surface area contributed by atoms with Crippen molar-refractivity contribution in [1.82, 2.24) is 10.2 Å². The van der Waals surface area contributed by atoms with Crippen molar-refractivity contribution in [2.24, 2.45) is 0 Å². The zero-order chi connectivity index (χ0) is 15.3. The van der Waals surface area contributed by atoms with E-state index in [1.807, 2.05) is 45.7 Å². The number of carbonyl (C=O) groups is 1. The highest BCUT2D eigenvalue weighted by Gasteiger charge is 2.24. The van der Waals surface area contributed by atoms with Crippen LogP contribution in [0.1, 0.15) is 39.7 Å². The van der Waals surface area contributed by atoms with Crippen LogP contribution in [0, 0.1) is 5.82 Å². The van der Waals surface area contributed by atoms with Crippen LogP contribution in [-0.4, -0.2) is 29.4 Å². The van der Waals surface area contributed by atoms with Gasteiger partial charge >= 0.3 is 0 Å². The number of hydrogen-bond donors (Lipinski definition) is 1. The lowest BCUT2D eigenvalue weighted by atomic mass is 10.0. The van der Waals surface area contributed by atoms with Gasteiger partial charge in [-0.1, -0.05) is 19.1 Å². The first-order chi connectivity index (χ1) is 9.25. The molecule has 4 heteroatoms. The second-order valence-electron chi connectivity index (χ2n) is 5.95. The Hall–Kier alpha value is -1.42. The number of halogens is 1. The van der Waals surface area contributed by atoms with Crippen LogP contribution >= 0.6 is 0 Å². The zero-order valence-corrected chi connectivity index (χ0v) is 13.0. The number of benzene rings is 1. The van der Waals surface area contributed by atoms with E-state index in [0.717, 1.165) is 12.0 Å². The van der Waals surface area contributed by atoms with Crippen LogP contribution in [0.3, 0.4) is 0 Å². The summed E-state index contributed by atoms with van der Waals surface area (Å²) < 4.78 is 13.1. The van der Waals surface area contributed by atoms with E-state index in [1.165, 1.54) is 12.1 Å². The molecule has 0 aliphatic rings. The van der Waals surface area contributed by atoms with Crippen molar-refractivity contribution in [3.8, 4) is 0 Å². The topological polar surface area (TPSA) is 32.3 Å². The molecule has 1 amide bonds. The van der Waals surface area contributed by atoms with Gasteiger partial charge < -0.3 is 5.32 Å². The molecule has 0 fully saturated rings. The Morgan fingerprint density at radius 1 is 1.45 bits per heavy atom. The van der Waals surface area contributed by atoms with Crippen molar-refractivity contribution in [2.45, 2.75) is 52.2 Å². The van der Waals surface area contributed by atoms with E-state index in [1.54, 1.807) is 6.07 Å². The first-order valence-electron chi connectivity index (χ1n) is 7.02. The molecule has 0 spiro atoms. The molecule has 112 valence electrons. The largest absolute Gasteiger partial charge is 0.350 e. The molecule has 1 unspecified atom stereocenters. The van der Waals surface area contributed by atoms with Crippen LogP contribution in [0.5, 0.6) is 0 Å². The quantitative estimate of drug-likeness (QED) is 0.869. The summed E-state index contributed by atoms with van der Waals surface area (Å²) in [6.07, 6.45) is 0.874. The highest BCUT2D eigenvalue weighted by atomic mass is 19.1. The SMILES string of the molecule is CCC(C)(C)NC(=O)C(C)N(C)Cc1cccc(F)c1. The molecule has 1 aromatic carbocycles. The maximum absolute atomic E-state index is 13.1. The van der Waals surface area contributed by atoms with Gasteiger partial charge in [-0.2, -0.15) is 0 Å². The second-order valence-corrected chi connectivity index (χ2v) is 5.95. The summed E-state index contributed by atoms with van der Waals surface area (Å²) in [7, 11) is 1.87. The third-order valence-corrected chi connectivity index (χ3v) is 3.71. The predicted molar refractivity (Wildman–Crippen MR) is 79.8 cm³/mol. The molecule has 0 saturated carbocycles. The van der Waals surface area contributed by atoms with Gasteiger partial charge in [-0.25, -0.2) is 4.39 Å². The maximum Gasteiger partial charge on any atom is 0.237 e. The summed E-state index contributed by atoms with van der Waals surface area (Å²) in [6.45, 7) is 8.45. The fourth-order valence-electron chi connectivity index (χ4n) is 1.79. The molecule has 0 aliphatic carbocycles. The van der Waals surface area contributed by atoms with Crippen LogP contribution < -0.4 is 5.32 Å². The summed E-state index contributed by atoms with van der Waals surface area (Å²) in [6, 6.07) is 6.20. The van der Waals surface area contributed by atoms with E-state index in [0.29, 0.717) is 6.54 Å². The predicted octanol–water partition coefficient (Wildman–Crippen LogP) is 2.95.